The molecule has 0 aliphatic carbocycles. The number of hydrogen-bond acceptors (Lipinski definition) is 5. The number of nitro groups is 1. The first-order chi connectivity index (χ1) is 12.3. The summed E-state index contributed by atoms with van der Waals surface area (Å²) in [7, 11) is 0. The molecule has 132 valence electrons. The van der Waals surface area contributed by atoms with Crippen molar-refractivity contribution in [1.29, 1.82) is 0 Å². The Hall–Kier alpha value is -3.26. The van der Waals surface area contributed by atoms with Gasteiger partial charge in [-0.15, -0.1) is 0 Å². The summed E-state index contributed by atoms with van der Waals surface area (Å²) in [6.45, 7) is 3.74. The molecule has 0 saturated carbocycles. The fourth-order valence-corrected chi connectivity index (χ4v) is 2.52. The van der Waals surface area contributed by atoms with Crippen LogP contribution in [-0.4, -0.2) is 20.9 Å². The summed E-state index contributed by atoms with van der Waals surface area (Å²) in [6, 6.07) is 8.66. The highest BCUT2D eigenvalue weighted by Gasteiger charge is 2.14. The minimum absolute atomic E-state index is 0.000255. The number of carbonyl (C=O) groups excluding carboxylic acids is 1. The van der Waals surface area contributed by atoms with E-state index in [1.165, 1.54) is 18.2 Å². The molecule has 9 heteroatoms. The first-order valence-corrected chi connectivity index (χ1v) is 7.98. The van der Waals surface area contributed by atoms with E-state index in [-0.39, 0.29) is 16.4 Å². The fourth-order valence-electron chi connectivity index (χ4n) is 2.33. The van der Waals surface area contributed by atoms with Crippen LogP contribution in [0.1, 0.15) is 11.4 Å². The average Bonchev–Trinajstić information content (AvgIpc) is 2.57. The standard InChI is InChI=1S/C17H14ClN5O3/c1-9-10(2)20-15-7-11(4-6-14(15)19-9)21-17(24)22-12-3-5-13(18)16(8-12)23(25)26/h3-8H,1-2H3,(H2,21,22,24). The summed E-state index contributed by atoms with van der Waals surface area (Å²) >= 11 is 5.75. The van der Waals surface area contributed by atoms with E-state index in [0.29, 0.717) is 11.2 Å². The van der Waals surface area contributed by atoms with Crippen molar-refractivity contribution in [2.24, 2.45) is 0 Å². The third-order valence-electron chi connectivity index (χ3n) is 3.73. The minimum atomic E-state index is -0.613. The van der Waals surface area contributed by atoms with Crippen molar-refractivity contribution in [2.45, 2.75) is 13.8 Å². The zero-order valence-corrected chi connectivity index (χ0v) is 14.7. The number of nitro benzene ring substituents is 1. The van der Waals surface area contributed by atoms with E-state index in [0.717, 1.165) is 16.9 Å². The van der Waals surface area contributed by atoms with Crippen molar-refractivity contribution >= 4 is 45.7 Å². The molecule has 2 N–H and O–H groups in total. The molecular formula is C17H14ClN5O3. The number of amides is 2. The van der Waals surface area contributed by atoms with Gasteiger partial charge >= 0.3 is 6.03 Å². The molecule has 8 nitrogen and oxygen atoms in total. The number of aryl methyl sites for hydroxylation is 2. The number of rotatable bonds is 3. The highest BCUT2D eigenvalue weighted by Crippen LogP contribution is 2.27. The van der Waals surface area contributed by atoms with Crippen molar-refractivity contribution in [3.05, 3.63) is 62.9 Å². The van der Waals surface area contributed by atoms with E-state index in [1.807, 2.05) is 13.8 Å². The van der Waals surface area contributed by atoms with Gasteiger partial charge in [0.15, 0.2) is 0 Å². The maximum atomic E-state index is 12.1. The summed E-state index contributed by atoms with van der Waals surface area (Å²) in [5.74, 6) is 0. The van der Waals surface area contributed by atoms with Gasteiger partial charge < -0.3 is 10.6 Å². The molecule has 26 heavy (non-hydrogen) atoms. The Bertz CT molecular complexity index is 1040. The van der Waals surface area contributed by atoms with E-state index < -0.39 is 11.0 Å². The van der Waals surface area contributed by atoms with Gasteiger partial charge in [0.1, 0.15) is 5.02 Å². The second kappa shape index (κ2) is 6.93. The molecule has 2 amide bonds. The Balaban J connectivity index is 1.78. The minimum Gasteiger partial charge on any atom is -0.308 e. The van der Waals surface area contributed by atoms with Crippen LogP contribution in [0.15, 0.2) is 36.4 Å². The number of aromatic nitrogens is 2. The van der Waals surface area contributed by atoms with Crippen LogP contribution in [-0.2, 0) is 0 Å². The molecule has 0 saturated heterocycles. The number of fused-ring (bicyclic) bond motifs is 1. The van der Waals surface area contributed by atoms with Crippen LogP contribution in [0.5, 0.6) is 0 Å². The zero-order chi connectivity index (χ0) is 18.8. The third-order valence-corrected chi connectivity index (χ3v) is 4.05. The monoisotopic (exact) mass is 371 g/mol. The molecule has 1 heterocycles. The Morgan fingerprint density at radius 3 is 2.23 bits per heavy atom. The van der Waals surface area contributed by atoms with Crippen molar-refractivity contribution in [3.8, 4) is 0 Å². The fraction of sp³-hybridized carbons (Fsp3) is 0.118. The van der Waals surface area contributed by atoms with Crippen LogP contribution in [0, 0.1) is 24.0 Å². The summed E-state index contributed by atoms with van der Waals surface area (Å²) in [4.78, 5) is 31.3. The van der Waals surface area contributed by atoms with Crippen LogP contribution < -0.4 is 10.6 Å². The van der Waals surface area contributed by atoms with Crippen molar-refractivity contribution < 1.29 is 9.72 Å². The SMILES string of the molecule is Cc1nc2ccc(NC(=O)Nc3ccc(Cl)c([N+](=O)[O-])c3)cc2nc1C. The number of carbonyl (C=O) groups is 1. The maximum absolute atomic E-state index is 12.1. The molecule has 2 aromatic carbocycles. The van der Waals surface area contributed by atoms with Gasteiger partial charge in [0.05, 0.1) is 27.3 Å². The average molecular weight is 372 g/mol. The molecule has 3 aromatic rings. The van der Waals surface area contributed by atoms with Gasteiger partial charge in [-0.2, -0.15) is 0 Å². The van der Waals surface area contributed by atoms with Crippen LogP contribution >= 0.6 is 11.6 Å². The molecule has 0 radical (unpaired) electrons. The summed E-state index contributed by atoms with van der Waals surface area (Å²) < 4.78 is 0. The molecule has 0 unspecified atom stereocenters. The van der Waals surface area contributed by atoms with Crippen LogP contribution in [0.4, 0.5) is 21.9 Å². The van der Waals surface area contributed by atoms with Crippen molar-refractivity contribution in [2.75, 3.05) is 10.6 Å². The van der Waals surface area contributed by atoms with Gasteiger partial charge in [-0.25, -0.2) is 14.8 Å². The third kappa shape index (κ3) is 3.70. The summed E-state index contributed by atoms with van der Waals surface area (Å²) in [5.41, 5.74) is 3.55. The molecule has 0 aliphatic rings. The number of nitrogens with zero attached hydrogens (tertiary/aromatic N) is 3. The second-order valence-electron chi connectivity index (χ2n) is 5.60. The molecule has 0 bridgehead atoms. The smallest absolute Gasteiger partial charge is 0.308 e. The number of urea groups is 1. The largest absolute Gasteiger partial charge is 0.323 e. The number of halogens is 1. The van der Waals surface area contributed by atoms with Crippen molar-refractivity contribution in [3.63, 3.8) is 0 Å². The molecule has 1 aromatic heterocycles. The topological polar surface area (TPSA) is 110 Å². The lowest BCUT2D eigenvalue weighted by Gasteiger charge is -2.09. The van der Waals surface area contributed by atoms with Gasteiger partial charge in [0.2, 0.25) is 0 Å². The lowest BCUT2D eigenvalue weighted by atomic mass is 10.2. The van der Waals surface area contributed by atoms with Gasteiger partial charge in [-0.3, -0.25) is 10.1 Å². The Morgan fingerprint density at radius 2 is 1.58 bits per heavy atom. The molecule has 0 aliphatic heterocycles. The molecule has 0 spiro atoms. The second-order valence-corrected chi connectivity index (χ2v) is 6.01. The lowest BCUT2D eigenvalue weighted by molar-refractivity contribution is -0.384. The molecule has 3 rings (SSSR count). The van der Waals surface area contributed by atoms with Gasteiger partial charge in [0.25, 0.3) is 5.69 Å². The van der Waals surface area contributed by atoms with Gasteiger partial charge in [-0.05, 0) is 44.2 Å². The first kappa shape index (κ1) is 17.6. The van der Waals surface area contributed by atoms with E-state index in [4.69, 9.17) is 11.6 Å². The molecule has 0 fully saturated rings. The number of nitrogens with one attached hydrogen (secondary N) is 2. The first-order valence-electron chi connectivity index (χ1n) is 7.60. The zero-order valence-electron chi connectivity index (χ0n) is 13.9. The van der Waals surface area contributed by atoms with Crippen LogP contribution in [0.3, 0.4) is 0 Å². The number of anilines is 2. The molecule has 0 atom stereocenters. The van der Waals surface area contributed by atoms with E-state index >= 15 is 0 Å². The predicted molar refractivity (Wildman–Crippen MR) is 99.8 cm³/mol. The van der Waals surface area contributed by atoms with Crippen LogP contribution in [0.25, 0.3) is 11.0 Å². The Morgan fingerprint density at radius 1 is 1.00 bits per heavy atom. The number of benzene rings is 2. The van der Waals surface area contributed by atoms with Crippen LogP contribution in [0.2, 0.25) is 5.02 Å². The maximum Gasteiger partial charge on any atom is 0.323 e. The van der Waals surface area contributed by atoms with E-state index in [9.17, 15) is 14.9 Å². The lowest BCUT2D eigenvalue weighted by Crippen LogP contribution is -2.19. The predicted octanol–water partition coefficient (Wildman–Crippen LogP) is 4.45. The highest BCUT2D eigenvalue weighted by atomic mass is 35.5. The Kier molecular flexibility index (Phi) is 4.68. The summed E-state index contributed by atoms with van der Waals surface area (Å²) in [6.07, 6.45) is 0. The van der Waals surface area contributed by atoms with Crippen molar-refractivity contribution in [1.82, 2.24) is 9.97 Å². The number of hydrogen-bond donors (Lipinski definition) is 2. The van der Waals surface area contributed by atoms with Gasteiger partial charge in [0, 0.05) is 17.4 Å². The quantitative estimate of drug-likeness (QED) is 0.522. The molecular weight excluding hydrogens is 358 g/mol. The highest BCUT2D eigenvalue weighted by molar-refractivity contribution is 6.32. The summed E-state index contributed by atoms with van der Waals surface area (Å²) in [5, 5.41) is 16.1. The van der Waals surface area contributed by atoms with E-state index in [1.54, 1.807) is 18.2 Å². The Labute approximate surface area is 153 Å². The van der Waals surface area contributed by atoms with Gasteiger partial charge in [-0.1, -0.05) is 11.6 Å². The van der Waals surface area contributed by atoms with E-state index in [2.05, 4.69) is 20.6 Å². The normalized spacial score (nSPS) is 10.6.